The monoisotopic (exact) mass is 253 g/mol. The Hall–Kier alpha value is -0.580. The van der Waals surface area contributed by atoms with E-state index in [-0.39, 0.29) is 0 Å². The van der Waals surface area contributed by atoms with Gasteiger partial charge in [0.15, 0.2) is 5.72 Å². The van der Waals surface area contributed by atoms with Crippen molar-refractivity contribution in [1.29, 1.82) is 0 Å². The highest BCUT2D eigenvalue weighted by atomic mass is 32.2. The summed E-state index contributed by atoms with van der Waals surface area (Å²) in [5.41, 5.74) is 0.00903. The first kappa shape index (κ1) is 11.9. The smallest absolute Gasteiger partial charge is 0.175 e. The molecule has 1 aliphatic heterocycles. The number of thiocarbonyl (C=S) groups is 1. The van der Waals surface area contributed by atoms with Crippen molar-refractivity contribution < 1.29 is 5.11 Å². The number of nitrogens with zero attached hydrogens (tertiary/aromatic N) is 1. The minimum Gasteiger partial charge on any atom is -0.366 e. The average molecular weight is 253 g/mol. The van der Waals surface area contributed by atoms with Crippen LogP contribution in [-0.4, -0.2) is 26.6 Å². The normalized spacial score (nSPS) is 25.1. The lowest BCUT2D eigenvalue weighted by Gasteiger charge is -2.34. The molecule has 1 aromatic carbocycles. The predicted molar refractivity (Wildman–Crippen MR) is 72.4 cm³/mol. The summed E-state index contributed by atoms with van der Waals surface area (Å²) in [5.74, 6) is 0.621. The Morgan fingerprint density at radius 3 is 2.75 bits per heavy atom. The van der Waals surface area contributed by atoms with Crippen LogP contribution < -0.4 is 0 Å². The van der Waals surface area contributed by atoms with Crippen LogP contribution in [0, 0.1) is 0 Å². The van der Waals surface area contributed by atoms with Gasteiger partial charge < -0.3 is 10.0 Å². The summed E-state index contributed by atoms with van der Waals surface area (Å²) in [7, 11) is 0. The molecule has 16 heavy (non-hydrogen) atoms. The highest BCUT2D eigenvalue weighted by Crippen LogP contribution is 2.38. The average Bonchev–Trinajstić information content (AvgIpc) is 2.60. The third-order valence-corrected chi connectivity index (χ3v) is 4.34. The van der Waals surface area contributed by atoms with Gasteiger partial charge in [0.2, 0.25) is 0 Å². The van der Waals surface area contributed by atoms with E-state index in [1.54, 1.807) is 11.8 Å². The third-order valence-electron chi connectivity index (χ3n) is 2.75. The fourth-order valence-electron chi connectivity index (χ4n) is 1.91. The van der Waals surface area contributed by atoms with Gasteiger partial charge in [-0.1, -0.05) is 61.2 Å². The first-order chi connectivity index (χ1) is 7.68. The molecule has 1 fully saturated rings. The van der Waals surface area contributed by atoms with Crippen molar-refractivity contribution in [3.63, 3.8) is 0 Å². The van der Waals surface area contributed by atoms with Gasteiger partial charge in [0.25, 0.3) is 0 Å². The SMILES string of the molecule is CCCN1C(=S)SCC1(O)c1ccccc1. The van der Waals surface area contributed by atoms with E-state index >= 15 is 0 Å². The van der Waals surface area contributed by atoms with Crippen molar-refractivity contribution in [3.8, 4) is 0 Å². The fourth-order valence-corrected chi connectivity index (χ4v) is 3.38. The number of hydrogen-bond acceptors (Lipinski definition) is 3. The molecule has 86 valence electrons. The van der Waals surface area contributed by atoms with Crippen LogP contribution in [0.1, 0.15) is 18.9 Å². The standard InChI is InChI=1S/C12H15NOS2/c1-2-8-13-11(15)16-9-12(13,14)10-6-4-3-5-7-10/h3-7,14H,2,8-9H2,1H3. The molecule has 1 aliphatic rings. The van der Waals surface area contributed by atoms with E-state index in [9.17, 15) is 5.11 Å². The minimum atomic E-state index is -0.918. The zero-order valence-corrected chi connectivity index (χ0v) is 10.9. The van der Waals surface area contributed by atoms with Gasteiger partial charge in [-0.25, -0.2) is 0 Å². The van der Waals surface area contributed by atoms with E-state index in [1.165, 1.54) is 0 Å². The Balaban J connectivity index is 2.33. The first-order valence-electron chi connectivity index (χ1n) is 5.41. The highest BCUT2D eigenvalue weighted by molar-refractivity contribution is 8.23. The molecule has 0 aromatic heterocycles. The molecule has 1 N–H and O–H groups in total. The molecule has 0 radical (unpaired) electrons. The van der Waals surface area contributed by atoms with Crippen LogP contribution in [-0.2, 0) is 5.72 Å². The zero-order chi connectivity index (χ0) is 11.6. The topological polar surface area (TPSA) is 23.5 Å². The number of benzene rings is 1. The maximum Gasteiger partial charge on any atom is 0.175 e. The van der Waals surface area contributed by atoms with E-state index in [0.717, 1.165) is 22.8 Å². The first-order valence-corrected chi connectivity index (χ1v) is 6.80. The largest absolute Gasteiger partial charge is 0.366 e. The van der Waals surface area contributed by atoms with Gasteiger partial charge in [-0.3, -0.25) is 0 Å². The van der Waals surface area contributed by atoms with Gasteiger partial charge in [-0.2, -0.15) is 0 Å². The molecule has 1 heterocycles. The van der Waals surface area contributed by atoms with Crippen LogP contribution in [0.15, 0.2) is 30.3 Å². The van der Waals surface area contributed by atoms with Gasteiger partial charge in [-0.15, -0.1) is 0 Å². The predicted octanol–water partition coefficient (Wildman–Crippen LogP) is 2.58. The molecule has 0 aliphatic carbocycles. The van der Waals surface area contributed by atoms with E-state index in [4.69, 9.17) is 12.2 Å². The Labute approximate surface area is 106 Å². The molecule has 2 rings (SSSR count). The number of thioether (sulfide) groups is 1. The molecule has 0 amide bonds. The Morgan fingerprint density at radius 1 is 1.44 bits per heavy atom. The van der Waals surface area contributed by atoms with Crippen LogP contribution >= 0.6 is 24.0 Å². The Kier molecular flexibility index (Phi) is 3.52. The second-order valence-electron chi connectivity index (χ2n) is 3.89. The van der Waals surface area contributed by atoms with Gasteiger partial charge in [0.1, 0.15) is 4.32 Å². The summed E-state index contributed by atoms with van der Waals surface area (Å²) in [6.07, 6.45) is 0.982. The Morgan fingerprint density at radius 2 is 2.12 bits per heavy atom. The third kappa shape index (κ3) is 1.97. The highest BCUT2D eigenvalue weighted by Gasteiger charge is 2.43. The maximum absolute atomic E-state index is 10.7. The molecular formula is C12H15NOS2. The lowest BCUT2D eigenvalue weighted by Crippen LogP contribution is -2.44. The van der Waals surface area contributed by atoms with Gasteiger partial charge in [-0.05, 0) is 6.42 Å². The lowest BCUT2D eigenvalue weighted by molar-refractivity contribution is -0.0464. The molecule has 1 unspecified atom stereocenters. The van der Waals surface area contributed by atoms with Crippen molar-refractivity contribution in [2.24, 2.45) is 0 Å². The van der Waals surface area contributed by atoms with Crippen LogP contribution in [0.2, 0.25) is 0 Å². The number of rotatable bonds is 3. The van der Waals surface area contributed by atoms with E-state index in [0.29, 0.717) is 5.75 Å². The lowest BCUT2D eigenvalue weighted by atomic mass is 10.0. The summed E-state index contributed by atoms with van der Waals surface area (Å²) in [6, 6.07) is 9.76. The molecule has 0 spiro atoms. The summed E-state index contributed by atoms with van der Waals surface area (Å²) in [5, 5.41) is 10.7. The molecular weight excluding hydrogens is 238 g/mol. The molecule has 2 nitrogen and oxygen atoms in total. The van der Waals surface area contributed by atoms with Crippen LogP contribution in [0.5, 0.6) is 0 Å². The van der Waals surface area contributed by atoms with E-state index in [2.05, 4.69) is 6.92 Å². The van der Waals surface area contributed by atoms with Crippen molar-refractivity contribution in [2.75, 3.05) is 12.3 Å². The van der Waals surface area contributed by atoms with Crippen molar-refractivity contribution in [2.45, 2.75) is 19.1 Å². The van der Waals surface area contributed by atoms with Crippen molar-refractivity contribution in [3.05, 3.63) is 35.9 Å². The fraction of sp³-hybridized carbons (Fsp3) is 0.417. The quantitative estimate of drug-likeness (QED) is 0.836. The van der Waals surface area contributed by atoms with E-state index in [1.807, 2.05) is 35.2 Å². The number of hydrogen-bond donors (Lipinski definition) is 1. The molecule has 0 bridgehead atoms. The molecule has 1 atom stereocenters. The molecule has 0 saturated carbocycles. The molecule has 4 heteroatoms. The number of aliphatic hydroxyl groups is 1. The maximum atomic E-state index is 10.7. The summed E-state index contributed by atoms with van der Waals surface area (Å²) in [4.78, 5) is 1.93. The van der Waals surface area contributed by atoms with Crippen LogP contribution in [0.3, 0.4) is 0 Å². The van der Waals surface area contributed by atoms with Gasteiger partial charge in [0, 0.05) is 12.1 Å². The molecule has 1 aromatic rings. The van der Waals surface area contributed by atoms with Crippen LogP contribution in [0.4, 0.5) is 0 Å². The second-order valence-corrected chi connectivity index (χ2v) is 5.50. The van der Waals surface area contributed by atoms with E-state index < -0.39 is 5.72 Å². The zero-order valence-electron chi connectivity index (χ0n) is 9.22. The van der Waals surface area contributed by atoms with Gasteiger partial charge in [0.05, 0.1) is 5.75 Å². The summed E-state index contributed by atoms with van der Waals surface area (Å²) >= 11 is 6.84. The van der Waals surface area contributed by atoms with Crippen molar-refractivity contribution >= 4 is 28.3 Å². The van der Waals surface area contributed by atoms with Crippen molar-refractivity contribution in [1.82, 2.24) is 4.90 Å². The summed E-state index contributed by atoms with van der Waals surface area (Å²) < 4.78 is 0.799. The summed E-state index contributed by atoms with van der Waals surface area (Å²) in [6.45, 7) is 2.90. The molecule has 1 saturated heterocycles. The Bertz CT molecular complexity index is 382. The second kappa shape index (κ2) is 4.73. The minimum absolute atomic E-state index is 0.621. The van der Waals surface area contributed by atoms with Crippen LogP contribution in [0.25, 0.3) is 0 Å². The van der Waals surface area contributed by atoms with Gasteiger partial charge >= 0.3 is 0 Å².